The molecule has 1 aromatic heterocycles. The predicted molar refractivity (Wildman–Crippen MR) is 87.6 cm³/mol. The van der Waals surface area contributed by atoms with Crippen molar-refractivity contribution in [1.82, 2.24) is 10.2 Å². The molecule has 0 unspecified atom stereocenters. The zero-order chi connectivity index (χ0) is 17.1. The van der Waals surface area contributed by atoms with E-state index in [-0.39, 0.29) is 23.3 Å². The Hall–Kier alpha value is -2.26. The minimum atomic E-state index is -3.37. The first-order valence-corrected chi connectivity index (χ1v) is 8.93. The molecular weight excluding hydrogens is 310 g/mol. The third kappa shape index (κ3) is 4.36. The molecular formula is C17H19N3O2S. The zero-order valence-corrected chi connectivity index (χ0v) is 14.3. The van der Waals surface area contributed by atoms with Gasteiger partial charge in [0.2, 0.25) is 0 Å². The number of benzene rings is 1. The maximum Gasteiger partial charge on any atom is 0.178 e. The van der Waals surface area contributed by atoms with Crippen molar-refractivity contribution in [2.75, 3.05) is 5.75 Å². The zero-order valence-electron chi connectivity index (χ0n) is 13.4. The van der Waals surface area contributed by atoms with Gasteiger partial charge < -0.3 is 0 Å². The first-order valence-electron chi connectivity index (χ1n) is 7.28. The standard InChI is InChI=1S/C17H19N3O2S/c1-17(2,3)13-4-8-16(9-5-13)23(21,22)11-10-14-6-7-15(12-18)20-19-14/h4-9H,10-11H2,1-3H3. The van der Waals surface area contributed by atoms with Crippen molar-refractivity contribution >= 4 is 9.84 Å². The van der Waals surface area contributed by atoms with E-state index in [1.54, 1.807) is 18.2 Å². The summed E-state index contributed by atoms with van der Waals surface area (Å²) in [5.74, 6) is -0.0392. The molecule has 1 aromatic carbocycles. The first kappa shape index (κ1) is 17.1. The summed E-state index contributed by atoms with van der Waals surface area (Å²) < 4.78 is 24.8. The Kier molecular flexibility index (Phi) is 4.81. The molecule has 0 aliphatic heterocycles. The van der Waals surface area contributed by atoms with Gasteiger partial charge in [0, 0.05) is 6.42 Å². The predicted octanol–water partition coefficient (Wildman–Crippen LogP) is 2.66. The highest BCUT2D eigenvalue weighted by molar-refractivity contribution is 7.91. The number of sulfone groups is 1. The summed E-state index contributed by atoms with van der Waals surface area (Å²) in [4.78, 5) is 0.312. The van der Waals surface area contributed by atoms with Crippen LogP contribution in [0.5, 0.6) is 0 Å². The van der Waals surface area contributed by atoms with Gasteiger partial charge in [-0.25, -0.2) is 8.42 Å². The van der Waals surface area contributed by atoms with Crippen molar-refractivity contribution in [2.45, 2.75) is 37.5 Å². The molecule has 1 heterocycles. The lowest BCUT2D eigenvalue weighted by Gasteiger charge is -2.19. The quantitative estimate of drug-likeness (QED) is 0.861. The number of nitriles is 1. The number of nitrogens with zero attached hydrogens (tertiary/aromatic N) is 3. The third-order valence-electron chi connectivity index (χ3n) is 3.54. The van der Waals surface area contributed by atoms with Crippen molar-refractivity contribution < 1.29 is 8.42 Å². The SMILES string of the molecule is CC(C)(C)c1ccc(S(=O)(=O)CCc2ccc(C#N)nn2)cc1. The molecule has 0 fully saturated rings. The second kappa shape index (κ2) is 6.47. The number of hydrogen-bond acceptors (Lipinski definition) is 5. The normalized spacial score (nSPS) is 11.9. The molecule has 0 bridgehead atoms. The van der Waals surface area contributed by atoms with Crippen LogP contribution in [0.3, 0.4) is 0 Å². The van der Waals surface area contributed by atoms with Crippen LogP contribution >= 0.6 is 0 Å². The second-order valence-corrected chi connectivity index (χ2v) is 8.47. The Morgan fingerprint density at radius 2 is 1.70 bits per heavy atom. The molecule has 6 heteroatoms. The van der Waals surface area contributed by atoms with E-state index < -0.39 is 9.84 Å². The van der Waals surface area contributed by atoms with Gasteiger partial charge in [-0.1, -0.05) is 32.9 Å². The summed E-state index contributed by atoms with van der Waals surface area (Å²) in [6.45, 7) is 6.25. The minimum Gasteiger partial charge on any atom is -0.224 e. The third-order valence-corrected chi connectivity index (χ3v) is 5.27. The van der Waals surface area contributed by atoms with E-state index in [2.05, 4.69) is 31.0 Å². The van der Waals surface area contributed by atoms with Crippen LogP contribution in [-0.4, -0.2) is 24.4 Å². The molecule has 0 atom stereocenters. The van der Waals surface area contributed by atoms with E-state index in [0.29, 0.717) is 10.6 Å². The summed E-state index contributed by atoms with van der Waals surface area (Å²) in [5.41, 5.74) is 1.85. The van der Waals surface area contributed by atoms with Crippen LogP contribution in [0.2, 0.25) is 0 Å². The fourth-order valence-corrected chi connectivity index (χ4v) is 3.34. The fraction of sp³-hybridized carbons (Fsp3) is 0.353. The van der Waals surface area contributed by atoms with E-state index in [9.17, 15) is 8.42 Å². The lowest BCUT2D eigenvalue weighted by atomic mass is 9.87. The summed E-state index contributed by atoms with van der Waals surface area (Å²) in [7, 11) is -3.37. The lowest BCUT2D eigenvalue weighted by Crippen LogP contribution is -2.13. The molecule has 0 N–H and O–H groups in total. The molecule has 2 rings (SSSR count). The molecule has 0 aliphatic carbocycles. The molecule has 0 aliphatic rings. The Balaban J connectivity index is 2.10. The van der Waals surface area contributed by atoms with Gasteiger partial charge in [-0.15, -0.1) is 5.10 Å². The largest absolute Gasteiger partial charge is 0.224 e. The number of hydrogen-bond donors (Lipinski definition) is 0. The van der Waals surface area contributed by atoms with Gasteiger partial charge in [0.05, 0.1) is 16.3 Å². The lowest BCUT2D eigenvalue weighted by molar-refractivity contribution is 0.586. The van der Waals surface area contributed by atoms with Gasteiger partial charge in [0.1, 0.15) is 6.07 Å². The molecule has 120 valence electrons. The van der Waals surface area contributed by atoms with Crippen molar-refractivity contribution in [3.8, 4) is 6.07 Å². The van der Waals surface area contributed by atoms with Crippen LogP contribution in [0.1, 0.15) is 37.7 Å². The maximum absolute atomic E-state index is 12.4. The van der Waals surface area contributed by atoms with E-state index in [1.165, 1.54) is 6.07 Å². The van der Waals surface area contributed by atoms with Crippen LogP contribution in [0.4, 0.5) is 0 Å². The molecule has 0 saturated carbocycles. The number of rotatable bonds is 4. The molecule has 0 radical (unpaired) electrons. The van der Waals surface area contributed by atoms with Gasteiger partial charge >= 0.3 is 0 Å². The molecule has 23 heavy (non-hydrogen) atoms. The van der Waals surface area contributed by atoms with Gasteiger partial charge in [-0.05, 0) is 35.2 Å². The van der Waals surface area contributed by atoms with Crippen LogP contribution in [-0.2, 0) is 21.7 Å². The molecule has 0 amide bonds. The van der Waals surface area contributed by atoms with Gasteiger partial charge in [0.25, 0.3) is 0 Å². The molecule has 2 aromatic rings. The highest BCUT2D eigenvalue weighted by Crippen LogP contribution is 2.23. The highest BCUT2D eigenvalue weighted by Gasteiger charge is 2.18. The van der Waals surface area contributed by atoms with Crippen LogP contribution in [0.25, 0.3) is 0 Å². The van der Waals surface area contributed by atoms with Crippen LogP contribution in [0.15, 0.2) is 41.3 Å². The van der Waals surface area contributed by atoms with E-state index >= 15 is 0 Å². The summed E-state index contributed by atoms with van der Waals surface area (Å²) in [6, 6.07) is 12.1. The van der Waals surface area contributed by atoms with Crippen LogP contribution < -0.4 is 0 Å². The molecule has 0 saturated heterocycles. The monoisotopic (exact) mass is 329 g/mol. The maximum atomic E-state index is 12.4. The Labute approximate surface area is 136 Å². The van der Waals surface area contributed by atoms with Gasteiger partial charge in [-0.3, -0.25) is 0 Å². The fourth-order valence-electron chi connectivity index (χ4n) is 2.07. The minimum absolute atomic E-state index is 0.0135. The average molecular weight is 329 g/mol. The summed E-state index contributed by atoms with van der Waals surface area (Å²) >= 11 is 0. The van der Waals surface area contributed by atoms with E-state index in [1.807, 2.05) is 18.2 Å². The summed E-state index contributed by atoms with van der Waals surface area (Å²) in [5, 5.41) is 16.2. The molecule has 5 nitrogen and oxygen atoms in total. The smallest absolute Gasteiger partial charge is 0.178 e. The number of aryl methyl sites for hydroxylation is 1. The van der Waals surface area contributed by atoms with E-state index in [4.69, 9.17) is 5.26 Å². The molecule has 0 spiro atoms. The van der Waals surface area contributed by atoms with Crippen LogP contribution in [0, 0.1) is 11.3 Å². The second-order valence-electron chi connectivity index (χ2n) is 6.36. The van der Waals surface area contributed by atoms with Crippen molar-refractivity contribution in [3.05, 3.63) is 53.3 Å². The summed E-state index contributed by atoms with van der Waals surface area (Å²) in [6.07, 6.45) is 0.266. The Morgan fingerprint density at radius 3 is 2.17 bits per heavy atom. The number of aromatic nitrogens is 2. The van der Waals surface area contributed by atoms with Crippen molar-refractivity contribution in [3.63, 3.8) is 0 Å². The topological polar surface area (TPSA) is 83.7 Å². The Morgan fingerprint density at radius 1 is 1.04 bits per heavy atom. The Bertz CT molecular complexity index is 812. The van der Waals surface area contributed by atoms with Gasteiger partial charge in [0.15, 0.2) is 15.5 Å². The average Bonchev–Trinajstić information content (AvgIpc) is 2.53. The van der Waals surface area contributed by atoms with Crippen molar-refractivity contribution in [2.24, 2.45) is 0 Å². The highest BCUT2D eigenvalue weighted by atomic mass is 32.2. The van der Waals surface area contributed by atoms with Crippen molar-refractivity contribution in [1.29, 1.82) is 5.26 Å². The van der Waals surface area contributed by atoms with E-state index in [0.717, 1.165) is 5.56 Å². The van der Waals surface area contributed by atoms with Gasteiger partial charge in [-0.2, -0.15) is 10.4 Å². The first-order chi connectivity index (χ1) is 10.7.